The van der Waals surface area contributed by atoms with E-state index in [2.05, 4.69) is 0 Å². The van der Waals surface area contributed by atoms with Crippen molar-refractivity contribution >= 4 is 11.9 Å². The van der Waals surface area contributed by atoms with E-state index in [-0.39, 0.29) is 12.8 Å². The van der Waals surface area contributed by atoms with Crippen LogP contribution in [0.5, 0.6) is 0 Å². The first-order valence-corrected chi connectivity index (χ1v) is 5.82. The van der Waals surface area contributed by atoms with Gasteiger partial charge in [0.1, 0.15) is 23.3 Å². The van der Waals surface area contributed by atoms with E-state index in [4.69, 9.17) is 21.7 Å². The number of nitrogens with two attached hydrogens (primary N) is 2. The molecule has 0 saturated heterocycles. The van der Waals surface area contributed by atoms with Gasteiger partial charge in [-0.25, -0.2) is 0 Å². The molecule has 19 heavy (non-hydrogen) atoms. The summed E-state index contributed by atoms with van der Waals surface area (Å²) in [6.45, 7) is 3.02. The van der Waals surface area contributed by atoms with Gasteiger partial charge >= 0.3 is 11.9 Å². The molecule has 110 valence electrons. The van der Waals surface area contributed by atoms with Crippen molar-refractivity contribution in [2.24, 2.45) is 16.9 Å². The zero-order valence-electron chi connectivity index (χ0n) is 10.8. The molecule has 0 spiro atoms. The van der Waals surface area contributed by atoms with Crippen molar-refractivity contribution in [2.75, 3.05) is 0 Å². The summed E-state index contributed by atoms with van der Waals surface area (Å²) in [4.78, 5) is 21.4. The number of aliphatic carboxylic acids is 2. The molecule has 8 N–H and O–H groups in total. The number of carbonyl (C=O) groups is 2. The van der Waals surface area contributed by atoms with Crippen LogP contribution in [0.1, 0.15) is 26.7 Å². The summed E-state index contributed by atoms with van der Waals surface area (Å²) in [6.07, 6.45) is -0.754. The van der Waals surface area contributed by atoms with Crippen molar-refractivity contribution in [2.45, 2.75) is 50.0 Å². The molecule has 0 aromatic rings. The predicted octanol–water partition coefficient (Wildman–Crippen LogP) is -1.91. The average Bonchev–Trinajstić information content (AvgIpc) is 2.57. The third kappa shape index (κ3) is 2.10. The lowest BCUT2D eigenvalue weighted by Gasteiger charge is -2.19. The van der Waals surface area contributed by atoms with E-state index in [0.717, 1.165) is 0 Å². The standard InChI is InChI=1S/C11H20N2O6/c1-9(2)10(18,3-5(12)7(14)15)11(9,19)4-6(13)8(16)17/h5-6,18-19H,3-4,12-13H2,1-2H3,(H,14,15)(H,16,17)/t5-,6-,10-,11-/m0/s1. The van der Waals surface area contributed by atoms with E-state index in [1.54, 1.807) is 0 Å². The average molecular weight is 276 g/mol. The minimum absolute atomic E-state index is 0.377. The smallest absolute Gasteiger partial charge is 0.320 e. The Bertz CT molecular complexity index is 376. The van der Waals surface area contributed by atoms with Gasteiger partial charge in [0.05, 0.1) is 0 Å². The van der Waals surface area contributed by atoms with Crippen molar-refractivity contribution in [3.63, 3.8) is 0 Å². The van der Waals surface area contributed by atoms with Crippen molar-refractivity contribution in [1.29, 1.82) is 0 Å². The molecule has 1 aliphatic rings. The fourth-order valence-corrected chi connectivity index (χ4v) is 2.67. The number of aliphatic hydroxyl groups is 2. The molecule has 0 heterocycles. The van der Waals surface area contributed by atoms with Crippen molar-refractivity contribution < 1.29 is 30.0 Å². The maximum atomic E-state index is 10.7. The van der Waals surface area contributed by atoms with Crippen molar-refractivity contribution in [3.8, 4) is 0 Å². The summed E-state index contributed by atoms with van der Waals surface area (Å²) >= 11 is 0. The van der Waals surface area contributed by atoms with Gasteiger partial charge in [-0.1, -0.05) is 13.8 Å². The van der Waals surface area contributed by atoms with Gasteiger partial charge in [-0.15, -0.1) is 0 Å². The van der Waals surface area contributed by atoms with E-state index in [9.17, 15) is 19.8 Å². The fraction of sp³-hybridized carbons (Fsp3) is 0.818. The highest BCUT2D eigenvalue weighted by atomic mass is 16.4. The molecular formula is C11H20N2O6. The molecule has 1 saturated carbocycles. The summed E-state index contributed by atoms with van der Waals surface area (Å²) in [5, 5.41) is 38.3. The summed E-state index contributed by atoms with van der Waals surface area (Å²) in [5.41, 5.74) is 6.09. The molecule has 0 aromatic carbocycles. The van der Waals surface area contributed by atoms with Gasteiger partial charge in [0.15, 0.2) is 0 Å². The topological polar surface area (TPSA) is 167 Å². The zero-order chi connectivity index (χ0) is 15.2. The van der Waals surface area contributed by atoms with Gasteiger partial charge in [-0.05, 0) is 0 Å². The first kappa shape index (κ1) is 15.8. The molecule has 0 aliphatic heterocycles. The fourth-order valence-electron chi connectivity index (χ4n) is 2.67. The maximum absolute atomic E-state index is 10.7. The largest absolute Gasteiger partial charge is 0.480 e. The van der Waals surface area contributed by atoms with Crippen LogP contribution in [0.15, 0.2) is 0 Å². The molecule has 0 radical (unpaired) electrons. The Balaban J connectivity index is 2.91. The Morgan fingerprint density at radius 1 is 0.947 bits per heavy atom. The van der Waals surface area contributed by atoms with Gasteiger partial charge in [0, 0.05) is 18.3 Å². The van der Waals surface area contributed by atoms with E-state index in [0.29, 0.717) is 0 Å². The molecular weight excluding hydrogens is 256 g/mol. The van der Waals surface area contributed by atoms with Crippen molar-refractivity contribution in [1.82, 2.24) is 0 Å². The van der Waals surface area contributed by atoms with Crippen LogP contribution in [-0.2, 0) is 9.59 Å². The Morgan fingerprint density at radius 3 is 1.42 bits per heavy atom. The molecule has 0 aromatic heterocycles. The van der Waals surface area contributed by atoms with Crippen LogP contribution in [0, 0.1) is 5.41 Å². The number of hydrogen-bond acceptors (Lipinski definition) is 6. The van der Waals surface area contributed by atoms with Crippen LogP contribution in [0.2, 0.25) is 0 Å². The third-order valence-corrected chi connectivity index (χ3v) is 4.35. The summed E-state index contributed by atoms with van der Waals surface area (Å²) < 4.78 is 0. The number of carboxylic acid groups (broad SMARTS) is 2. The minimum Gasteiger partial charge on any atom is -0.480 e. The van der Waals surface area contributed by atoms with Crippen LogP contribution < -0.4 is 11.5 Å². The van der Waals surface area contributed by atoms with Crippen molar-refractivity contribution in [3.05, 3.63) is 0 Å². The quantitative estimate of drug-likeness (QED) is 0.327. The predicted molar refractivity (Wildman–Crippen MR) is 64.1 cm³/mol. The molecule has 0 bridgehead atoms. The Hall–Kier alpha value is -1.22. The SMILES string of the molecule is CC1(C)[C@@](O)(C[C@H](N)C(=O)O)[C@]1(O)C[C@H](N)C(=O)O. The summed E-state index contributed by atoms with van der Waals surface area (Å²) in [5.74, 6) is -2.61. The zero-order valence-corrected chi connectivity index (χ0v) is 10.8. The van der Waals surface area contributed by atoms with Crippen LogP contribution in [0.25, 0.3) is 0 Å². The Morgan fingerprint density at radius 2 is 1.21 bits per heavy atom. The normalized spacial score (nSPS) is 35.5. The van der Waals surface area contributed by atoms with Gasteiger partial charge in [-0.2, -0.15) is 0 Å². The molecule has 8 nitrogen and oxygen atoms in total. The monoisotopic (exact) mass is 276 g/mol. The second-order valence-corrected chi connectivity index (χ2v) is 5.64. The molecule has 4 atom stereocenters. The van der Waals surface area contributed by atoms with E-state index >= 15 is 0 Å². The molecule has 8 heteroatoms. The number of hydrogen-bond donors (Lipinski definition) is 6. The van der Waals surface area contributed by atoms with Crippen LogP contribution in [-0.4, -0.2) is 55.7 Å². The highest BCUT2D eigenvalue weighted by molar-refractivity contribution is 5.74. The van der Waals surface area contributed by atoms with Gasteiger partial charge in [0.25, 0.3) is 0 Å². The lowest BCUT2D eigenvalue weighted by atomic mass is 10.00. The molecule has 1 aliphatic carbocycles. The lowest BCUT2D eigenvalue weighted by molar-refractivity contribution is -0.142. The lowest BCUT2D eigenvalue weighted by Crippen LogP contribution is -2.42. The van der Waals surface area contributed by atoms with Crippen LogP contribution in [0.3, 0.4) is 0 Å². The van der Waals surface area contributed by atoms with Crippen LogP contribution in [0.4, 0.5) is 0 Å². The number of carboxylic acids is 2. The highest BCUT2D eigenvalue weighted by Crippen LogP contribution is 2.68. The molecule has 0 amide bonds. The summed E-state index contributed by atoms with van der Waals surface area (Å²) in [7, 11) is 0. The van der Waals surface area contributed by atoms with Crippen LogP contribution >= 0.6 is 0 Å². The first-order valence-electron chi connectivity index (χ1n) is 5.82. The van der Waals surface area contributed by atoms with Gasteiger partial charge < -0.3 is 31.9 Å². The second-order valence-electron chi connectivity index (χ2n) is 5.64. The highest BCUT2D eigenvalue weighted by Gasteiger charge is 2.82. The van der Waals surface area contributed by atoms with E-state index in [1.165, 1.54) is 13.8 Å². The Kier molecular flexibility index (Phi) is 3.68. The molecule has 1 fully saturated rings. The van der Waals surface area contributed by atoms with E-state index in [1.807, 2.05) is 0 Å². The number of rotatable bonds is 6. The maximum Gasteiger partial charge on any atom is 0.320 e. The minimum atomic E-state index is -1.77. The first-order chi connectivity index (χ1) is 8.40. The van der Waals surface area contributed by atoms with E-state index < -0.39 is 40.6 Å². The van der Waals surface area contributed by atoms with Gasteiger partial charge in [-0.3, -0.25) is 9.59 Å². The third-order valence-electron chi connectivity index (χ3n) is 4.35. The second kappa shape index (κ2) is 4.41. The van der Waals surface area contributed by atoms with Gasteiger partial charge in [0.2, 0.25) is 0 Å². The molecule has 1 rings (SSSR count). The molecule has 0 unspecified atom stereocenters. The Labute approximate surface area is 110 Å². The summed E-state index contributed by atoms with van der Waals surface area (Å²) in [6, 6.07) is -2.70.